The number of carbonyl (C=O) groups excluding carboxylic acids is 1. The molecule has 3 aromatic heterocycles. The molecule has 0 aliphatic heterocycles. The first-order valence-electron chi connectivity index (χ1n) is 9.86. The number of aromatic nitrogens is 3. The molecule has 0 saturated heterocycles. The first-order valence-corrected chi connectivity index (χ1v) is 9.86. The molecule has 4 aromatic rings. The smallest absolute Gasteiger partial charge is 0.260 e. The normalized spacial score (nSPS) is 10.8. The molecule has 1 aromatic carbocycles. The summed E-state index contributed by atoms with van der Waals surface area (Å²) < 4.78 is 6.92. The molecule has 0 fully saturated rings. The van der Waals surface area contributed by atoms with E-state index in [-0.39, 0.29) is 11.5 Å². The van der Waals surface area contributed by atoms with Crippen molar-refractivity contribution in [2.45, 2.75) is 20.0 Å². The lowest BCUT2D eigenvalue weighted by Gasteiger charge is -2.12. The van der Waals surface area contributed by atoms with Crippen LogP contribution in [0.1, 0.15) is 27.2 Å². The van der Waals surface area contributed by atoms with Gasteiger partial charge in [-0.1, -0.05) is 24.3 Å². The summed E-state index contributed by atoms with van der Waals surface area (Å²) in [6.07, 6.45) is 5.13. The molecule has 0 radical (unpaired) electrons. The number of aryl methyl sites for hydroxylation is 1. The molecule has 3 heterocycles. The van der Waals surface area contributed by atoms with E-state index in [0.717, 1.165) is 11.1 Å². The van der Waals surface area contributed by atoms with Crippen molar-refractivity contribution in [1.82, 2.24) is 19.9 Å². The van der Waals surface area contributed by atoms with Gasteiger partial charge in [0.15, 0.2) is 0 Å². The zero-order chi connectivity index (χ0) is 21.8. The maximum absolute atomic E-state index is 13.0. The van der Waals surface area contributed by atoms with Crippen molar-refractivity contribution in [3.05, 3.63) is 99.9 Å². The molecule has 7 nitrogen and oxygen atoms in total. The van der Waals surface area contributed by atoms with Gasteiger partial charge in [0.1, 0.15) is 5.75 Å². The summed E-state index contributed by atoms with van der Waals surface area (Å²) in [5.41, 5.74) is 3.08. The van der Waals surface area contributed by atoms with Crippen LogP contribution >= 0.6 is 0 Å². The zero-order valence-electron chi connectivity index (χ0n) is 17.3. The van der Waals surface area contributed by atoms with Crippen molar-refractivity contribution >= 4 is 16.8 Å². The van der Waals surface area contributed by atoms with Crippen LogP contribution < -0.4 is 15.6 Å². The Morgan fingerprint density at radius 3 is 2.77 bits per heavy atom. The molecular weight excluding hydrogens is 392 g/mol. The highest BCUT2D eigenvalue weighted by molar-refractivity contribution is 5.98. The third-order valence-electron chi connectivity index (χ3n) is 5.10. The highest BCUT2D eigenvalue weighted by Gasteiger charge is 2.15. The third kappa shape index (κ3) is 4.30. The van der Waals surface area contributed by atoms with Gasteiger partial charge in [-0.3, -0.25) is 19.6 Å². The second kappa shape index (κ2) is 8.79. The van der Waals surface area contributed by atoms with Crippen LogP contribution in [0.3, 0.4) is 0 Å². The van der Waals surface area contributed by atoms with Gasteiger partial charge in [-0.2, -0.15) is 0 Å². The molecule has 1 amide bonds. The number of nitrogens with zero attached hydrogens (tertiary/aromatic N) is 3. The molecule has 31 heavy (non-hydrogen) atoms. The molecule has 156 valence electrons. The minimum Gasteiger partial charge on any atom is -0.496 e. The van der Waals surface area contributed by atoms with Crippen LogP contribution in [0.4, 0.5) is 0 Å². The van der Waals surface area contributed by atoms with Crippen molar-refractivity contribution in [2.24, 2.45) is 0 Å². The van der Waals surface area contributed by atoms with Crippen molar-refractivity contribution in [3.63, 3.8) is 0 Å². The van der Waals surface area contributed by atoms with Crippen LogP contribution in [-0.2, 0) is 13.1 Å². The average Bonchev–Trinajstić information content (AvgIpc) is 2.80. The van der Waals surface area contributed by atoms with Crippen LogP contribution in [0.5, 0.6) is 5.75 Å². The summed E-state index contributed by atoms with van der Waals surface area (Å²) >= 11 is 0. The van der Waals surface area contributed by atoms with Gasteiger partial charge in [-0.05, 0) is 36.8 Å². The number of pyridine rings is 3. The van der Waals surface area contributed by atoms with E-state index in [2.05, 4.69) is 15.3 Å². The Balaban J connectivity index is 1.63. The molecule has 0 unspecified atom stereocenters. The molecule has 0 spiro atoms. The Morgan fingerprint density at radius 1 is 1.16 bits per heavy atom. The number of amides is 1. The molecule has 0 atom stereocenters. The standard InChI is InChI=1S/C24H22N4O3/c1-16-19(23(29)26-14-18-7-3-4-8-22(18)31-2)12-20-21(27-16)9-11-28(24(20)30)15-17-6-5-10-25-13-17/h3-13H,14-15H2,1-2H3,(H,26,29). The van der Waals surface area contributed by atoms with Gasteiger partial charge in [0.2, 0.25) is 0 Å². The number of para-hydroxylation sites is 1. The van der Waals surface area contributed by atoms with Gasteiger partial charge in [0, 0.05) is 30.7 Å². The van der Waals surface area contributed by atoms with Crippen LogP contribution in [0.15, 0.2) is 71.9 Å². The Hall–Kier alpha value is -4.00. The van der Waals surface area contributed by atoms with Crippen molar-refractivity contribution < 1.29 is 9.53 Å². The second-order valence-electron chi connectivity index (χ2n) is 7.16. The molecule has 4 rings (SSSR count). The molecular formula is C24H22N4O3. The number of fused-ring (bicyclic) bond motifs is 1. The summed E-state index contributed by atoms with van der Waals surface area (Å²) in [4.78, 5) is 34.5. The molecule has 0 bridgehead atoms. The Kier molecular flexibility index (Phi) is 5.75. The largest absolute Gasteiger partial charge is 0.496 e. The van der Waals surface area contributed by atoms with Gasteiger partial charge in [0.25, 0.3) is 11.5 Å². The molecule has 0 saturated carbocycles. The van der Waals surface area contributed by atoms with E-state index in [9.17, 15) is 9.59 Å². The highest BCUT2D eigenvalue weighted by Crippen LogP contribution is 2.18. The van der Waals surface area contributed by atoms with Crippen LogP contribution in [-0.4, -0.2) is 27.6 Å². The van der Waals surface area contributed by atoms with Gasteiger partial charge in [-0.15, -0.1) is 0 Å². The molecule has 7 heteroatoms. The van der Waals surface area contributed by atoms with Gasteiger partial charge in [0.05, 0.1) is 35.8 Å². The van der Waals surface area contributed by atoms with E-state index < -0.39 is 0 Å². The predicted octanol–water partition coefficient (Wildman–Crippen LogP) is 3.09. The third-order valence-corrected chi connectivity index (χ3v) is 5.10. The number of hydrogen-bond donors (Lipinski definition) is 1. The number of methoxy groups -OCH3 is 1. The first kappa shape index (κ1) is 20.3. The number of carbonyl (C=O) groups is 1. The quantitative estimate of drug-likeness (QED) is 0.524. The minimum absolute atomic E-state index is 0.201. The van der Waals surface area contributed by atoms with Crippen LogP contribution in [0.2, 0.25) is 0 Å². The first-order chi connectivity index (χ1) is 15.1. The lowest BCUT2D eigenvalue weighted by molar-refractivity contribution is 0.0950. The lowest BCUT2D eigenvalue weighted by Crippen LogP contribution is -2.25. The molecule has 0 aliphatic rings. The van der Waals surface area contributed by atoms with Gasteiger partial charge >= 0.3 is 0 Å². The maximum Gasteiger partial charge on any atom is 0.260 e. The summed E-state index contributed by atoms with van der Waals surface area (Å²) in [6.45, 7) is 2.46. The molecule has 1 N–H and O–H groups in total. The van der Waals surface area contributed by atoms with Crippen molar-refractivity contribution in [1.29, 1.82) is 0 Å². The number of benzene rings is 1. The van der Waals surface area contributed by atoms with Crippen molar-refractivity contribution in [2.75, 3.05) is 7.11 Å². The van der Waals surface area contributed by atoms with Gasteiger partial charge in [-0.25, -0.2) is 0 Å². The average molecular weight is 414 g/mol. The monoisotopic (exact) mass is 414 g/mol. The second-order valence-corrected chi connectivity index (χ2v) is 7.16. The number of nitrogens with one attached hydrogen (secondary N) is 1. The summed E-state index contributed by atoms with van der Waals surface area (Å²) in [5.74, 6) is 0.411. The van der Waals surface area contributed by atoms with E-state index in [0.29, 0.717) is 41.0 Å². The number of hydrogen-bond acceptors (Lipinski definition) is 5. The lowest BCUT2D eigenvalue weighted by atomic mass is 10.1. The van der Waals surface area contributed by atoms with Crippen LogP contribution in [0.25, 0.3) is 10.9 Å². The Morgan fingerprint density at radius 2 is 2.00 bits per heavy atom. The van der Waals surface area contributed by atoms with E-state index in [1.807, 2.05) is 36.4 Å². The minimum atomic E-state index is -0.292. The van der Waals surface area contributed by atoms with Crippen molar-refractivity contribution in [3.8, 4) is 5.75 Å². The Labute approximate surface area is 179 Å². The maximum atomic E-state index is 13.0. The summed E-state index contributed by atoms with van der Waals surface area (Å²) in [5, 5.41) is 3.30. The van der Waals surface area contributed by atoms with E-state index in [4.69, 9.17) is 4.74 Å². The predicted molar refractivity (Wildman–Crippen MR) is 118 cm³/mol. The van der Waals surface area contributed by atoms with Gasteiger partial charge < -0.3 is 14.6 Å². The zero-order valence-corrected chi connectivity index (χ0v) is 17.3. The summed E-state index contributed by atoms with van der Waals surface area (Å²) in [6, 6.07) is 14.6. The van der Waals surface area contributed by atoms with E-state index in [1.54, 1.807) is 49.3 Å². The Bertz CT molecular complexity index is 1300. The number of ether oxygens (including phenoxy) is 1. The van der Waals surface area contributed by atoms with E-state index >= 15 is 0 Å². The van der Waals surface area contributed by atoms with E-state index in [1.165, 1.54) is 0 Å². The topological polar surface area (TPSA) is 86.1 Å². The summed E-state index contributed by atoms with van der Waals surface area (Å²) in [7, 11) is 1.59. The van der Waals surface area contributed by atoms with Crippen LogP contribution in [0, 0.1) is 6.92 Å². The molecule has 0 aliphatic carbocycles. The highest BCUT2D eigenvalue weighted by atomic mass is 16.5. The SMILES string of the molecule is COc1ccccc1CNC(=O)c1cc2c(=O)n(Cc3cccnc3)ccc2nc1C. The fraction of sp³-hybridized carbons (Fsp3) is 0.167. The fourth-order valence-corrected chi connectivity index (χ4v) is 3.47. The number of rotatable bonds is 6. The fourth-order valence-electron chi connectivity index (χ4n) is 3.47.